The van der Waals surface area contributed by atoms with E-state index < -0.39 is 5.97 Å². The van der Waals surface area contributed by atoms with Gasteiger partial charge in [-0.3, -0.25) is 4.98 Å². The number of aromatic nitrogens is 1. The van der Waals surface area contributed by atoms with E-state index in [1.54, 1.807) is 12.3 Å². The molecule has 0 spiro atoms. The van der Waals surface area contributed by atoms with Gasteiger partial charge in [0.2, 0.25) is 0 Å². The predicted octanol–water partition coefficient (Wildman–Crippen LogP) is 3.24. The minimum atomic E-state index is -1.08. The molecule has 0 aliphatic rings. The number of hydrogen-bond donors (Lipinski definition) is 1. The van der Waals surface area contributed by atoms with E-state index in [2.05, 4.69) is 4.98 Å². The van der Waals surface area contributed by atoms with Crippen molar-refractivity contribution in [3.63, 3.8) is 0 Å². The smallest absolute Gasteiger partial charge is 0.337 e. The molecule has 0 radical (unpaired) electrons. The summed E-state index contributed by atoms with van der Waals surface area (Å²) >= 11 is 11.7. The summed E-state index contributed by atoms with van der Waals surface area (Å²) in [5, 5.41) is 10.1. The molecule has 0 saturated heterocycles. The van der Waals surface area contributed by atoms with Gasteiger partial charge in [0.05, 0.1) is 21.1 Å². The second-order valence-electron chi connectivity index (χ2n) is 2.95. The highest BCUT2D eigenvalue weighted by molar-refractivity contribution is 6.37. The summed E-state index contributed by atoms with van der Waals surface area (Å²) < 4.78 is 0. The first-order valence-electron chi connectivity index (χ1n) is 4.06. The van der Waals surface area contributed by atoms with Crippen LogP contribution in [0.5, 0.6) is 0 Å². The van der Waals surface area contributed by atoms with Crippen molar-refractivity contribution in [2.45, 2.75) is 0 Å². The Labute approximate surface area is 95.3 Å². The number of nitrogens with zero attached hydrogens (tertiary/aromatic N) is 1. The summed E-state index contributed by atoms with van der Waals surface area (Å²) in [7, 11) is 0. The topological polar surface area (TPSA) is 50.2 Å². The maximum Gasteiger partial charge on any atom is 0.337 e. The number of carbonyl (C=O) groups is 1. The molecule has 0 saturated carbocycles. The molecule has 15 heavy (non-hydrogen) atoms. The highest BCUT2D eigenvalue weighted by atomic mass is 35.5. The number of carboxylic acids is 1. The van der Waals surface area contributed by atoms with Crippen molar-refractivity contribution in [2.24, 2.45) is 0 Å². The van der Waals surface area contributed by atoms with Gasteiger partial charge >= 0.3 is 5.97 Å². The normalized spacial score (nSPS) is 10.5. The lowest BCUT2D eigenvalue weighted by Crippen LogP contribution is -1.97. The van der Waals surface area contributed by atoms with Crippen LogP contribution in [0.1, 0.15) is 10.4 Å². The largest absolute Gasteiger partial charge is 0.478 e. The first-order chi connectivity index (χ1) is 7.09. The van der Waals surface area contributed by atoms with Crippen LogP contribution in [0.25, 0.3) is 10.9 Å². The summed E-state index contributed by atoms with van der Waals surface area (Å²) in [6.07, 6.45) is 1.54. The lowest BCUT2D eigenvalue weighted by atomic mass is 10.1. The van der Waals surface area contributed by atoms with Crippen molar-refractivity contribution in [2.75, 3.05) is 0 Å². The molecule has 0 aliphatic carbocycles. The Morgan fingerprint density at radius 3 is 2.67 bits per heavy atom. The van der Waals surface area contributed by atoms with Gasteiger partial charge in [0.15, 0.2) is 0 Å². The second-order valence-corrected chi connectivity index (χ2v) is 3.76. The van der Waals surface area contributed by atoms with E-state index in [0.29, 0.717) is 15.9 Å². The van der Waals surface area contributed by atoms with Gasteiger partial charge < -0.3 is 5.11 Å². The minimum absolute atomic E-state index is 0.0269. The fourth-order valence-electron chi connectivity index (χ4n) is 1.30. The molecule has 0 amide bonds. The van der Waals surface area contributed by atoms with Gasteiger partial charge in [-0.15, -0.1) is 0 Å². The lowest BCUT2D eigenvalue weighted by molar-refractivity contribution is 0.0697. The van der Waals surface area contributed by atoms with Crippen molar-refractivity contribution in [1.29, 1.82) is 0 Å². The molecule has 5 heteroatoms. The van der Waals surface area contributed by atoms with Crippen LogP contribution in [-0.2, 0) is 0 Å². The first-order valence-corrected chi connectivity index (χ1v) is 4.82. The molecule has 0 fully saturated rings. The highest BCUT2D eigenvalue weighted by Crippen LogP contribution is 2.27. The predicted molar refractivity (Wildman–Crippen MR) is 58.7 cm³/mol. The Bertz CT molecular complexity index is 554. The molecule has 1 aromatic heterocycles. The number of pyridine rings is 1. The van der Waals surface area contributed by atoms with Gasteiger partial charge in [-0.25, -0.2) is 4.79 Å². The summed E-state index contributed by atoms with van der Waals surface area (Å²) in [6, 6.07) is 4.52. The van der Waals surface area contributed by atoms with Gasteiger partial charge in [0, 0.05) is 11.6 Å². The molecule has 0 bridgehead atoms. The van der Waals surface area contributed by atoms with Crippen LogP contribution in [0.2, 0.25) is 10.0 Å². The number of carboxylic acid groups (broad SMARTS) is 1. The fourth-order valence-corrected chi connectivity index (χ4v) is 1.74. The molecular formula is C10H5Cl2NO2. The van der Waals surface area contributed by atoms with E-state index in [-0.39, 0.29) is 10.6 Å². The van der Waals surface area contributed by atoms with E-state index in [9.17, 15) is 4.79 Å². The van der Waals surface area contributed by atoms with Crippen molar-refractivity contribution < 1.29 is 9.90 Å². The third-order valence-electron chi connectivity index (χ3n) is 2.01. The second kappa shape index (κ2) is 3.68. The minimum Gasteiger partial charge on any atom is -0.478 e. The van der Waals surface area contributed by atoms with E-state index in [4.69, 9.17) is 28.3 Å². The molecule has 1 N–H and O–H groups in total. The van der Waals surface area contributed by atoms with Crippen molar-refractivity contribution in [3.05, 3.63) is 40.0 Å². The van der Waals surface area contributed by atoms with Crippen LogP contribution >= 0.6 is 23.2 Å². The number of hydrogen-bond acceptors (Lipinski definition) is 2. The Balaban J connectivity index is 2.83. The molecule has 76 valence electrons. The van der Waals surface area contributed by atoms with Crippen LogP contribution in [0.15, 0.2) is 24.4 Å². The summed E-state index contributed by atoms with van der Waals surface area (Å²) in [5.74, 6) is -1.08. The lowest BCUT2D eigenvalue weighted by Gasteiger charge is -2.03. The molecule has 0 unspecified atom stereocenters. The molecule has 1 aromatic carbocycles. The molecule has 2 aromatic rings. The summed E-state index contributed by atoms with van der Waals surface area (Å²) in [6.45, 7) is 0. The zero-order chi connectivity index (χ0) is 11.0. The van der Waals surface area contributed by atoms with Gasteiger partial charge in [-0.2, -0.15) is 0 Å². The number of benzene rings is 1. The molecule has 2 rings (SSSR count). The van der Waals surface area contributed by atoms with Crippen molar-refractivity contribution >= 4 is 40.1 Å². The van der Waals surface area contributed by atoms with Crippen molar-refractivity contribution in [3.8, 4) is 0 Å². The number of fused-ring (bicyclic) bond motifs is 1. The third kappa shape index (κ3) is 1.76. The van der Waals surface area contributed by atoms with Crippen LogP contribution < -0.4 is 0 Å². The standard InChI is InChI=1S/C10H5Cl2NO2/c11-7-1-2-13-9-4-8(12)6(10(14)15)3-5(7)9/h1-4H,(H,14,15). The Kier molecular flexibility index (Phi) is 2.50. The van der Waals surface area contributed by atoms with E-state index >= 15 is 0 Å². The molecule has 1 heterocycles. The van der Waals surface area contributed by atoms with Gasteiger partial charge in [-0.05, 0) is 18.2 Å². The average molecular weight is 242 g/mol. The SMILES string of the molecule is O=C(O)c1cc2c(Cl)ccnc2cc1Cl. The summed E-state index contributed by atoms with van der Waals surface area (Å²) in [5.41, 5.74) is 0.608. The first kappa shape index (κ1) is 10.2. The van der Waals surface area contributed by atoms with E-state index in [1.165, 1.54) is 12.1 Å². The number of halogens is 2. The van der Waals surface area contributed by atoms with Crippen LogP contribution in [0, 0.1) is 0 Å². The Morgan fingerprint density at radius 2 is 2.00 bits per heavy atom. The van der Waals surface area contributed by atoms with E-state index in [0.717, 1.165) is 0 Å². The monoisotopic (exact) mass is 241 g/mol. The third-order valence-corrected chi connectivity index (χ3v) is 2.65. The van der Waals surface area contributed by atoms with Crippen LogP contribution in [0.4, 0.5) is 0 Å². The maximum atomic E-state index is 10.8. The molecule has 0 atom stereocenters. The zero-order valence-electron chi connectivity index (χ0n) is 7.37. The zero-order valence-corrected chi connectivity index (χ0v) is 8.88. The van der Waals surface area contributed by atoms with Gasteiger partial charge in [0.1, 0.15) is 0 Å². The Hall–Kier alpha value is -1.32. The highest BCUT2D eigenvalue weighted by Gasteiger charge is 2.11. The van der Waals surface area contributed by atoms with E-state index in [1.807, 2.05) is 0 Å². The van der Waals surface area contributed by atoms with Gasteiger partial charge in [-0.1, -0.05) is 23.2 Å². The molecule has 3 nitrogen and oxygen atoms in total. The quantitative estimate of drug-likeness (QED) is 0.834. The fraction of sp³-hybridized carbons (Fsp3) is 0. The van der Waals surface area contributed by atoms with Gasteiger partial charge in [0.25, 0.3) is 0 Å². The molecular weight excluding hydrogens is 237 g/mol. The molecule has 0 aliphatic heterocycles. The van der Waals surface area contributed by atoms with Crippen LogP contribution in [0.3, 0.4) is 0 Å². The van der Waals surface area contributed by atoms with Crippen LogP contribution in [-0.4, -0.2) is 16.1 Å². The number of rotatable bonds is 1. The number of aromatic carboxylic acids is 1. The average Bonchev–Trinajstić information content (AvgIpc) is 2.16. The maximum absolute atomic E-state index is 10.8. The Morgan fingerprint density at radius 1 is 1.27 bits per heavy atom. The summed E-state index contributed by atoms with van der Waals surface area (Å²) in [4.78, 5) is 14.9. The van der Waals surface area contributed by atoms with Crippen molar-refractivity contribution in [1.82, 2.24) is 4.98 Å².